The zero-order valence-corrected chi connectivity index (χ0v) is 14.8. The summed E-state index contributed by atoms with van der Waals surface area (Å²) in [4.78, 5) is 12.1. The number of ether oxygens (including phenoxy) is 2. The van der Waals surface area contributed by atoms with Crippen LogP contribution in [0.1, 0.15) is 44.6 Å². The van der Waals surface area contributed by atoms with Crippen molar-refractivity contribution >= 4 is 12.0 Å². The Labute approximate surface area is 149 Å². The number of nitrogens with zero attached hydrogens (tertiary/aromatic N) is 1. The highest BCUT2D eigenvalue weighted by Crippen LogP contribution is 2.15. The molecule has 0 radical (unpaired) electrons. The molecule has 1 aromatic rings. The molecule has 1 atom stereocenters. The predicted octanol–water partition coefficient (Wildman–Crippen LogP) is 3.46. The quantitative estimate of drug-likeness (QED) is 0.424. The van der Waals surface area contributed by atoms with Crippen molar-refractivity contribution in [1.82, 2.24) is 5.32 Å². The van der Waals surface area contributed by atoms with Gasteiger partial charge in [0.15, 0.2) is 0 Å². The standard InChI is InChI=1S/C20H26N2O3/c1-2-3-4-11-24-18-9-7-16(8-10-18)13-17(14-21)20(23)22-15-19-6-5-12-25-19/h7-10,13,19H,2-6,11-12,15H2,1H3,(H,22,23)/b17-13+. The minimum atomic E-state index is -0.363. The van der Waals surface area contributed by atoms with E-state index in [9.17, 15) is 10.1 Å². The second-order valence-electron chi connectivity index (χ2n) is 6.14. The molecule has 1 aliphatic rings. The van der Waals surface area contributed by atoms with Crippen LogP contribution < -0.4 is 10.1 Å². The Morgan fingerprint density at radius 1 is 1.40 bits per heavy atom. The summed E-state index contributed by atoms with van der Waals surface area (Å²) in [6, 6.07) is 9.38. The maximum Gasteiger partial charge on any atom is 0.262 e. The summed E-state index contributed by atoms with van der Waals surface area (Å²) in [6.45, 7) is 4.06. The van der Waals surface area contributed by atoms with E-state index in [-0.39, 0.29) is 17.6 Å². The van der Waals surface area contributed by atoms with Gasteiger partial charge in [0.05, 0.1) is 12.7 Å². The van der Waals surface area contributed by atoms with E-state index in [0.29, 0.717) is 13.2 Å². The molecular weight excluding hydrogens is 316 g/mol. The largest absolute Gasteiger partial charge is 0.494 e. The number of hydrogen-bond acceptors (Lipinski definition) is 4. The number of hydrogen-bond donors (Lipinski definition) is 1. The molecule has 1 fully saturated rings. The molecule has 1 unspecified atom stereocenters. The topological polar surface area (TPSA) is 71.3 Å². The van der Waals surface area contributed by atoms with Crippen molar-refractivity contribution in [2.24, 2.45) is 0 Å². The third-order valence-corrected chi connectivity index (χ3v) is 4.09. The van der Waals surface area contributed by atoms with E-state index in [4.69, 9.17) is 9.47 Å². The van der Waals surface area contributed by atoms with Gasteiger partial charge in [-0.2, -0.15) is 5.26 Å². The molecule has 25 heavy (non-hydrogen) atoms. The van der Waals surface area contributed by atoms with Crippen LogP contribution in [-0.2, 0) is 9.53 Å². The summed E-state index contributed by atoms with van der Waals surface area (Å²) in [6.07, 6.45) is 6.99. The molecule has 0 spiro atoms. The van der Waals surface area contributed by atoms with Crippen LogP contribution in [0.3, 0.4) is 0 Å². The number of rotatable bonds is 9. The number of unbranched alkanes of at least 4 members (excludes halogenated alkanes) is 2. The van der Waals surface area contributed by atoms with Gasteiger partial charge < -0.3 is 14.8 Å². The normalized spacial score (nSPS) is 17.1. The molecular formula is C20H26N2O3. The third-order valence-electron chi connectivity index (χ3n) is 4.09. The van der Waals surface area contributed by atoms with Gasteiger partial charge in [0.25, 0.3) is 5.91 Å². The number of nitriles is 1. The van der Waals surface area contributed by atoms with Crippen molar-refractivity contribution in [2.75, 3.05) is 19.8 Å². The molecule has 0 aromatic heterocycles. The van der Waals surface area contributed by atoms with E-state index in [1.165, 1.54) is 6.42 Å². The van der Waals surface area contributed by atoms with E-state index in [1.807, 2.05) is 30.3 Å². The van der Waals surface area contributed by atoms with E-state index in [0.717, 1.165) is 43.6 Å². The monoisotopic (exact) mass is 342 g/mol. The van der Waals surface area contributed by atoms with Gasteiger partial charge in [0.2, 0.25) is 0 Å². The Balaban J connectivity index is 1.87. The Bertz CT molecular complexity index is 611. The highest BCUT2D eigenvalue weighted by molar-refractivity contribution is 6.01. The molecule has 1 aliphatic heterocycles. The van der Waals surface area contributed by atoms with Crippen molar-refractivity contribution in [3.63, 3.8) is 0 Å². The Hall–Kier alpha value is -2.32. The van der Waals surface area contributed by atoms with E-state index >= 15 is 0 Å². The summed E-state index contributed by atoms with van der Waals surface area (Å²) >= 11 is 0. The maximum atomic E-state index is 12.1. The molecule has 1 heterocycles. The number of nitrogens with one attached hydrogen (secondary N) is 1. The van der Waals surface area contributed by atoms with Gasteiger partial charge >= 0.3 is 0 Å². The molecule has 0 saturated carbocycles. The van der Waals surface area contributed by atoms with Gasteiger partial charge in [0, 0.05) is 13.2 Å². The second-order valence-corrected chi connectivity index (χ2v) is 6.14. The lowest BCUT2D eigenvalue weighted by atomic mass is 10.1. The maximum absolute atomic E-state index is 12.1. The van der Waals surface area contributed by atoms with Gasteiger partial charge in [-0.25, -0.2) is 0 Å². The summed E-state index contributed by atoms with van der Waals surface area (Å²) in [5.74, 6) is 0.437. The molecule has 2 rings (SSSR count). The van der Waals surface area contributed by atoms with Crippen molar-refractivity contribution in [3.05, 3.63) is 35.4 Å². The fourth-order valence-corrected chi connectivity index (χ4v) is 2.62. The summed E-state index contributed by atoms with van der Waals surface area (Å²) in [7, 11) is 0. The number of carbonyl (C=O) groups is 1. The number of benzene rings is 1. The van der Waals surface area contributed by atoms with Crippen LogP contribution in [0.2, 0.25) is 0 Å². The molecule has 0 aliphatic carbocycles. The molecule has 1 aromatic carbocycles. The lowest BCUT2D eigenvalue weighted by Crippen LogP contribution is -2.32. The van der Waals surface area contributed by atoms with Crippen molar-refractivity contribution in [1.29, 1.82) is 5.26 Å². The number of amides is 1. The van der Waals surface area contributed by atoms with Crippen LogP contribution in [0.5, 0.6) is 5.75 Å². The fraction of sp³-hybridized carbons (Fsp3) is 0.500. The first-order chi connectivity index (χ1) is 12.2. The Morgan fingerprint density at radius 3 is 2.84 bits per heavy atom. The van der Waals surface area contributed by atoms with Gasteiger partial charge in [-0.05, 0) is 43.0 Å². The summed E-state index contributed by atoms with van der Waals surface area (Å²) in [5, 5.41) is 12.0. The lowest BCUT2D eigenvalue weighted by Gasteiger charge is -2.10. The molecule has 1 amide bonds. The Kier molecular flexibility index (Phi) is 8.00. The molecule has 1 N–H and O–H groups in total. The van der Waals surface area contributed by atoms with Crippen LogP contribution in [-0.4, -0.2) is 31.8 Å². The van der Waals surface area contributed by atoms with Crippen molar-refractivity contribution in [3.8, 4) is 11.8 Å². The summed E-state index contributed by atoms with van der Waals surface area (Å²) < 4.78 is 11.1. The van der Waals surface area contributed by atoms with E-state index < -0.39 is 0 Å². The SMILES string of the molecule is CCCCCOc1ccc(/C=C(\C#N)C(=O)NCC2CCCO2)cc1. The van der Waals surface area contributed by atoms with E-state index in [2.05, 4.69) is 12.2 Å². The first-order valence-corrected chi connectivity index (χ1v) is 8.97. The van der Waals surface area contributed by atoms with Crippen LogP contribution in [0, 0.1) is 11.3 Å². The van der Waals surface area contributed by atoms with Crippen LogP contribution in [0.4, 0.5) is 0 Å². The zero-order valence-electron chi connectivity index (χ0n) is 14.8. The third kappa shape index (κ3) is 6.60. The lowest BCUT2D eigenvalue weighted by molar-refractivity contribution is -0.117. The number of carbonyl (C=O) groups excluding carboxylic acids is 1. The minimum Gasteiger partial charge on any atom is -0.494 e. The molecule has 0 bridgehead atoms. The highest BCUT2D eigenvalue weighted by atomic mass is 16.5. The molecule has 5 nitrogen and oxygen atoms in total. The van der Waals surface area contributed by atoms with E-state index in [1.54, 1.807) is 6.08 Å². The van der Waals surface area contributed by atoms with Crippen molar-refractivity contribution in [2.45, 2.75) is 45.1 Å². The van der Waals surface area contributed by atoms with Gasteiger partial charge in [-0.15, -0.1) is 0 Å². The molecule has 134 valence electrons. The van der Waals surface area contributed by atoms with Crippen LogP contribution in [0.15, 0.2) is 29.8 Å². The van der Waals surface area contributed by atoms with Gasteiger partial charge in [0.1, 0.15) is 17.4 Å². The highest BCUT2D eigenvalue weighted by Gasteiger charge is 2.17. The molecule has 5 heteroatoms. The fourth-order valence-electron chi connectivity index (χ4n) is 2.62. The van der Waals surface area contributed by atoms with Crippen LogP contribution in [0.25, 0.3) is 6.08 Å². The first-order valence-electron chi connectivity index (χ1n) is 8.97. The Morgan fingerprint density at radius 2 is 2.20 bits per heavy atom. The minimum absolute atomic E-state index is 0.0630. The molecule has 1 saturated heterocycles. The summed E-state index contributed by atoms with van der Waals surface area (Å²) in [5.41, 5.74) is 0.888. The first kappa shape index (κ1) is 19.0. The van der Waals surface area contributed by atoms with Crippen LogP contribution >= 0.6 is 0 Å². The predicted molar refractivity (Wildman–Crippen MR) is 97.0 cm³/mol. The van der Waals surface area contributed by atoms with Gasteiger partial charge in [-0.1, -0.05) is 31.9 Å². The average molecular weight is 342 g/mol. The smallest absolute Gasteiger partial charge is 0.262 e. The zero-order chi connectivity index (χ0) is 17.9. The second kappa shape index (κ2) is 10.5. The van der Waals surface area contributed by atoms with Gasteiger partial charge in [-0.3, -0.25) is 4.79 Å². The van der Waals surface area contributed by atoms with Crippen molar-refractivity contribution < 1.29 is 14.3 Å². The average Bonchev–Trinajstić information content (AvgIpc) is 3.16.